The van der Waals surface area contributed by atoms with Crippen molar-refractivity contribution in [2.75, 3.05) is 33.4 Å². The minimum atomic E-state index is -3.66. The summed E-state index contributed by atoms with van der Waals surface area (Å²) in [5.74, 6) is 0. The fourth-order valence-corrected chi connectivity index (χ4v) is 4.44. The van der Waals surface area contributed by atoms with Crippen molar-refractivity contribution >= 4 is 16.1 Å². The van der Waals surface area contributed by atoms with Gasteiger partial charge in [0.2, 0.25) is 10.0 Å². The van der Waals surface area contributed by atoms with Crippen molar-refractivity contribution in [3.63, 3.8) is 0 Å². The smallest absolute Gasteiger partial charge is 0.317 e. The SMILES string of the molecule is CCCNC(=O)N1CCC(CCOC)(NS(=O)(=O)c2ccccc2)C1. The molecule has 1 aromatic rings. The Labute approximate surface area is 149 Å². The number of sulfonamides is 1. The molecule has 0 aliphatic carbocycles. The Balaban J connectivity index is 2.15. The van der Waals surface area contributed by atoms with Gasteiger partial charge in [-0.25, -0.2) is 17.9 Å². The molecule has 0 aromatic heterocycles. The molecular weight excluding hydrogens is 342 g/mol. The summed E-state index contributed by atoms with van der Waals surface area (Å²) in [7, 11) is -2.08. The molecule has 0 spiro atoms. The van der Waals surface area contributed by atoms with E-state index in [0.717, 1.165) is 6.42 Å². The van der Waals surface area contributed by atoms with E-state index in [9.17, 15) is 13.2 Å². The van der Waals surface area contributed by atoms with Crippen LogP contribution in [-0.2, 0) is 14.8 Å². The summed E-state index contributed by atoms with van der Waals surface area (Å²) in [6.45, 7) is 3.85. The fourth-order valence-electron chi connectivity index (χ4n) is 2.97. The number of amides is 2. The Morgan fingerprint density at radius 2 is 2.04 bits per heavy atom. The number of urea groups is 1. The normalized spacial score (nSPS) is 20.6. The lowest BCUT2D eigenvalue weighted by Gasteiger charge is -2.30. The van der Waals surface area contributed by atoms with Crippen LogP contribution in [0.25, 0.3) is 0 Å². The second-order valence-corrected chi connectivity index (χ2v) is 8.03. The monoisotopic (exact) mass is 369 g/mol. The van der Waals surface area contributed by atoms with Gasteiger partial charge in [-0.1, -0.05) is 25.1 Å². The number of likely N-dealkylation sites (tertiary alicyclic amines) is 1. The number of nitrogens with one attached hydrogen (secondary N) is 2. The average Bonchev–Trinajstić information content (AvgIpc) is 3.02. The Bertz CT molecular complexity index is 666. The van der Waals surface area contributed by atoms with Gasteiger partial charge in [0, 0.05) is 33.4 Å². The molecule has 2 rings (SSSR count). The van der Waals surface area contributed by atoms with Crippen LogP contribution in [0.3, 0.4) is 0 Å². The van der Waals surface area contributed by atoms with Crippen LogP contribution in [0.4, 0.5) is 4.79 Å². The van der Waals surface area contributed by atoms with E-state index in [2.05, 4.69) is 10.0 Å². The van der Waals surface area contributed by atoms with Gasteiger partial charge in [-0.15, -0.1) is 0 Å². The maximum Gasteiger partial charge on any atom is 0.317 e. The Morgan fingerprint density at radius 3 is 2.68 bits per heavy atom. The maximum absolute atomic E-state index is 12.7. The summed E-state index contributed by atoms with van der Waals surface area (Å²) in [6, 6.07) is 8.13. The first-order valence-electron chi connectivity index (χ1n) is 8.53. The zero-order valence-electron chi connectivity index (χ0n) is 14.8. The highest BCUT2D eigenvalue weighted by Gasteiger charge is 2.42. The number of carbonyl (C=O) groups is 1. The zero-order valence-corrected chi connectivity index (χ0v) is 15.6. The minimum absolute atomic E-state index is 0.153. The van der Waals surface area contributed by atoms with E-state index < -0.39 is 15.6 Å². The average molecular weight is 369 g/mol. The van der Waals surface area contributed by atoms with E-state index in [1.54, 1.807) is 42.3 Å². The van der Waals surface area contributed by atoms with Crippen LogP contribution in [0.15, 0.2) is 35.2 Å². The Hall–Kier alpha value is -1.64. The summed E-state index contributed by atoms with van der Waals surface area (Å²) >= 11 is 0. The van der Waals surface area contributed by atoms with E-state index in [0.29, 0.717) is 39.1 Å². The second kappa shape index (κ2) is 8.64. The number of rotatable bonds is 8. The van der Waals surface area contributed by atoms with Gasteiger partial charge in [0.25, 0.3) is 0 Å². The van der Waals surface area contributed by atoms with Gasteiger partial charge in [-0.3, -0.25) is 0 Å². The van der Waals surface area contributed by atoms with Crippen LogP contribution < -0.4 is 10.0 Å². The quantitative estimate of drug-likeness (QED) is 0.728. The van der Waals surface area contributed by atoms with Crippen LogP contribution in [-0.4, -0.2) is 58.2 Å². The first-order valence-corrected chi connectivity index (χ1v) is 10.0. The standard InChI is InChI=1S/C17H27N3O4S/c1-3-11-18-16(21)20-12-9-17(14-20,10-13-24-2)19-25(22,23)15-7-5-4-6-8-15/h4-8,19H,3,9-14H2,1-2H3,(H,18,21). The highest BCUT2D eigenvalue weighted by molar-refractivity contribution is 7.89. The lowest BCUT2D eigenvalue weighted by atomic mass is 9.96. The summed E-state index contributed by atoms with van der Waals surface area (Å²) in [5.41, 5.74) is -0.714. The van der Waals surface area contributed by atoms with Gasteiger partial charge in [0.15, 0.2) is 0 Å². The minimum Gasteiger partial charge on any atom is -0.385 e. The molecule has 140 valence electrons. The molecule has 1 aliphatic rings. The summed E-state index contributed by atoms with van der Waals surface area (Å²) in [6.07, 6.45) is 1.92. The highest BCUT2D eigenvalue weighted by Crippen LogP contribution is 2.27. The number of carbonyl (C=O) groups excluding carboxylic acids is 1. The molecular formula is C17H27N3O4S. The third kappa shape index (κ3) is 5.17. The molecule has 0 saturated carbocycles. The van der Waals surface area contributed by atoms with Crippen molar-refractivity contribution in [2.24, 2.45) is 0 Å². The molecule has 0 bridgehead atoms. The van der Waals surface area contributed by atoms with E-state index in [1.165, 1.54) is 0 Å². The summed E-state index contributed by atoms with van der Waals surface area (Å²) in [4.78, 5) is 14.1. The van der Waals surface area contributed by atoms with E-state index >= 15 is 0 Å². The summed E-state index contributed by atoms with van der Waals surface area (Å²) < 4.78 is 33.5. The molecule has 1 fully saturated rings. The van der Waals surface area contributed by atoms with Gasteiger partial charge in [-0.05, 0) is 31.4 Å². The van der Waals surface area contributed by atoms with Crippen LogP contribution in [0.1, 0.15) is 26.2 Å². The predicted molar refractivity (Wildman–Crippen MR) is 95.9 cm³/mol. The van der Waals surface area contributed by atoms with Crippen LogP contribution in [0.5, 0.6) is 0 Å². The molecule has 25 heavy (non-hydrogen) atoms. The molecule has 2 amide bonds. The van der Waals surface area contributed by atoms with Crippen molar-refractivity contribution < 1.29 is 17.9 Å². The lowest BCUT2D eigenvalue weighted by molar-refractivity contribution is 0.161. The number of hydrogen-bond donors (Lipinski definition) is 2. The molecule has 8 heteroatoms. The second-order valence-electron chi connectivity index (χ2n) is 6.35. The molecule has 1 unspecified atom stereocenters. The van der Waals surface area contributed by atoms with E-state index in [4.69, 9.17) is 4.74 Å². The van der Waals surface area contributed by atoms with Gasteiger partial charge in [-0.2, -0.15) is 0 Å². The third-order valence-corrected chi connectivity index (χ3v) is 5.95. The molecule has 0 radical (unpaired) electrons. The third-order valence-electron chi connectivity index (χ3n) is 4.36. The number of benzene rings is 1. The number of hydrogen-bond acceptors (Lipinski definition) is 4. The molecule has 2 N–H and O–H groups in total. The van der Waals surface area contributed by atoms with Gasteiger partial charge >= 0.3 is 6.03 Å². The molecule has 1 atom stereocenters. The van der Waals surface area contributed by atoms with E-state index in [-0.39, 0.29) is 10.9 Å². The van der Waals surface area contributed by atoms with Crippen LogP contribution in [0.2, 0.25) is 0 Å². The highest BCUT2D eigenvalue weighted by atomic mass is 32.2. The maximum atomic E-state index is 12.7. The van der Waals surface area contributed by atoms with Crippen LogP contribution in [0, 0.1) is 0 Å². The van der Waals surface area contributed by atoms with Crippen molar-refractivity contribution in [1.29, 1.82) is 0 Å². The molecule has 1 aromatic carbocycles. The molecule has 1 saturated heterocycles. The van der Waals surface area contributed by atoms with Crippen molar-refractivity contribution in [2.45, 2.75) is 36.6 Å². The van der Waals surface area contributed by atoms with Crippen molar-refractivity contribution in [1.82, 2.24) is 14.9 Å². The van der Waals surface area contributed by atoms with Crippen molar-refractivity contribution in [3.8, 4) is 0 Å². The molecule has 1 aliphatic heterocycles. The largest absolute Gasteiger partial charge is 0.385 e. The predicted octanol–water partition coefficient (Wildman–Crippen LogP) is 1.57. The van der Waals surface area contributed by atoms with Gasteiger partial charge < -0.3 is 15.0 Å². The topological polar surface area (TPSA) is 87.7 Å². The van der Waals surface area contributed by atoms with Gasteiger partial charge in [0.05, 0.1) is 10.4 Å². The zero-order chi connectivity index (χ0) is 18.3. The van der Waals surface area contributed by atoms with Gasteiger partial charge in [0.1, 0.15) is 0 Å². The number of ether oxygens (including phenoxy) is 1. The van der Waals surface area contributed by atoms with E-state index in [1.807, 2.05) is 6.92 Å². The number of nitrogens with zero attached hydrogens (tertiary/aromatic N) is 1. The molecule has 7 nitrogen and oxygen atoms in total. The molecule has 1 heterocycles. The Morgan fingerprint density at radius 1 is 1.32 bits per heavy atom. The first kappa shape index (κ1) is 19.7. The summed E-state index contributed by atoms with van der Waals surface area (Å²) in [5, 5.41) is 2.84. The van der Waals surface area contributed by atoms with Crippen LogP contribution >= 0.6 is 0 Å². The lowest BCUT2D eigenvalue weighted by Crippen LogP contribution is -2.52. The van der Waals surface area contributed by atoms with Crippen molar-refractivity contribution in [3.05, 3.63) is 30.3 Å². The first-order chi connectivity index (χ1) is 11.9. The Kier molecular flexibility index (Phi) is 6.80. The number of methoxy groups -OCH3 is 1. The fraction of sp³-hybridized carbons (Fsp3) is 0.588.